The summed E-state index contributed by atoms with van der Waals surface area (Å²) in [6.45, 7) is 1.65. The first-order valence-corrected chi connectivity index (χ1v) is 3.84. The van der Waals surface area contributed by atoms with Gasteiger partial charge in [0, 0.05) is 5.88 Å². The molecule has 0 radical (unpaired) electrons. The Balaban J connectivity index is 3.89. The van der Waals surface area contributed by atoms with Crippen LogP contribution in [-0.4, -0.2) is 23.0 Å². The monoisotopic (exact) mass is 197 g/mol. The van der Waals surface area contributed by atoms with Crippen LogP contribution in [0, 0.1) is 0 Å². The molecule has 0 aliphatic carbocycles. The smallest absolute Gasteiger partial charge is 0.332 e. The van der Waals surface area contributed by atoms with Gasteiger partial charge in [0.25, 0.3) is 0 Å². The summed E-state index contributed by atoms with van der Waals surface area (Å²) >= 11 is 11.0. The van der Waals surface area contributed by atoms with E-state index in [9.17, 15) is 4.79 Å². The molecule has 0 saturated heterocycles. The average Bonchev–Trinajstić information content (AvgIpc) is 1.98. The lowest BCUT2D eigenvalue weighted by Crippen LogP contribution is -2.27. The van der Waals surface area contributed by atoms with Gasteiger partial charge >= 0.3 is 6.03 Å². The van der Waals surface area contributed by atoms with Crippen LogP contribution in [0.4, 0.5) is 4.79 Å². The number of urea groups is 1. The van der Waals surface area contributed by atoms with Gasteiger partial charge in [-0.1, -0.05) is 0 Å². The summed E-state index contributed by atoms with van der Waals surface area (Å²) in [5.74, 6) is 0.247. The normalized spacial score (nSPS) is 14.3. The second-order valence-corrected chi connectivity index (χ2v) is 2.69. The molecule has 0 aliphatic rings. The molecule has 64 valence electrons. The number of hydrogen-bond donors (Lipinski definition) is 2. The van der Waals surface area contributed by atoms with Crippen molar-refractivity contribution in [2.45, 2.75) is 12.3 Å². The highest BCUT2D eigenvalue weighted by Gasteiger charge is 2.05. The van der Waals surface area contributed by atoms with Crippen LogP contribution in [0.3, 0.4) is 0 Å². The lowest BCUT2D eigenvalue weighted by atomic mass is 10.3. The number of nitrogens with two attached hydrogens (primary N) is 1. The molecular formula is C5H9Cl2N3O. The summed E-state index contributed by atoms with van der Waals surface area (Å²) in [6.07, 6.45) is 0. The third-order valence-corrected chi connectivity index (χ3v) is 1.87. The van der Waals surface area contributed by atoms with E-state index in [0.29, 0.717) is 5.71 Å². The second kappa shape index (κ2) is 5.21. The number of amides is 2. The fraction of sp³-hybridized carbons (Fsp3) is 0.600. The SMILES string of the molecule is C/C(=N\NC(N)=O)C(Cl)CCl. The van der Waals surface area contributed by atoms with Crippen LogP contribution in [-0.2, 0) is 0 Å². The summed E-state index contributed by atoms with van der Waals surface area (Å²) in [4.78, 5) is 10.1. The standard InChI is InChI=1S/C5H9Cl2N3O/c1-3(4(7)2-6)9-10-5(8)11/h4H,2H2,1H3,(H3,8,10,11)/b9-3+. The maximum absolute atomic E-state index is 10.1. The topological polar surface area (TPSA) is 67.5 Å². The van der Waals surface area contributed by atoms with Crippen molar-refractivity contribution in [3.63, 3.8) is 0 Å². The molecule has 1 atom stereocenters. The molecule has 4 nitrogen and oxygen atoms in total. The Hall–Kier alpha value is -0.480. The fourth-order valence-electron chi connectivity index (χ4n) is 0.325. The van der Waals surface area contributed by atoms with Crippen LogP contribution in [0.1, 0.15) is 6.92 Å². The Morgan fingerprint density at radius 3 is 2.73 bits per heavy atom. The van der Waals surface area contributed by atoms with E-state index < -0.39 is 6.03 Å². The molecule has 3 N–H and O–H groups in total. The van der Waals surface area contributed by atoms with Gasteiger partial charge in [-0.05, 0) is 6.92 Å². The van der Waals surface area contributed by atoms with Crippen molar-refractivity contribution in [3.05, 3.63) is 0 Å². The van der Waals surface area contributed by atoms with E-state index in [2.05, 4.69) is 5.10 Å². The number of carbonyl (C=O) groups excluding carboxylic acids is 1. The fourth-order valence-corrected chi connectivity index (χ4v) is 0.597. The Kier molecular flexibility index (Phi) is 4.98. The van der Waals surface area contributed by atoms with Crippen LogP contribution in [0.2, 0.25) is 0 Å². The van der Waals surface area contributed by atoms with Crippen LogP contribution in [0.25, 0.3) is 0 Å². The van der Waals surface area contributed by atoms with Crippen molar-refractivity contribution in [2.75, 3.05) is 5.88 Å². The molecule has 0 rings (SSSR count). The third-order valence-electron chi connectivity index (χ3n) is 0.931. The van der Waals surface area contributed by atoms with Crippen LogP contribution < -0.4 is 11.2 Å². The van der Waals surface area contributed by atoms with Gasteiger partial charge in [0.15, 0.2) is 0 Å². The predicted molar refractivity (Wildman–Crippen MR) is 46.2 cm³/mol. The maximum Gasteiger partial charge on any atom is 0.332 e. The lowest BCUT2D eigenvalue weighted by Gasteiger charge is -2.03. The maximum atomic E-state index is 10.1. The van der Waals surface area contributed by atoms with Gasteiger partial charge in [-0.15, -0.1) is 23.2 Å². The molecule has 0 spiro atoms. The molecule has 0 aromatic heterocycles. The van der Waals surface area contributed by atoms with E-state index >= 15 is 0 Å². The number of rotatable bonds is 3. The van der Waals surface area contributed by atoms with E-state index in [4.69, 9.17) is 28.9 Å². The zero-order valence-electron chi connectivity index (χ0n) is 5.97. The summed E-state index contributed by atoms with van der Waals surface area (Å²) in [6, 6.07) is -0.720. The molecule has 0 aliphatic heterocycles. The molecule has 0 bridgehead atoms. The van der Waals surface area contributed by atoms with Crippen molar-refractivity contribution in [1.82, 2.24) is 5.43 Å². The lowest BCUT2D eigenvalue weighted by molar-refractivity contribution is 0.249. The van der Waals surface area contributed by atoms with Gasteiger partial charge in [-0.2, -0.15) is 5.10 Å². The third kappa shape index (κ3) is 4.86. The molecule has 0 fully saturated rings. The minimum atomic E-state index is -0.720. The van der Waals surface area contributed by atoms with Gasteiger partial charge < -0.3 is 5.73 Å². The van der Waals surface area contributed by atoms with Gasteiger partial charge in [0.2, 0.25) is 0 Å². The first-order valence-electron chi connectivity index (χ1n) is 2.87. The molecule has 0 aromatic rings. The van der Waals surface area contributed by atoms with Gasteiger partial charge in [-0.25, -0.2) is 10.2 Å². The highest BCUT2D eigenvalue weighted by atomic mass is 35.5. The summed E-state index contributed by atoms with van der Waals surface area (Å²) in [5, 5.41) is 3.20. The number of hydrazone groups is 1. The molecule has 6 heteroatoms. The molecule has 1 unspecified atom stereocenters. The van der Waals surface area contributed by atoms with Crippen molar-refractivity contribution in [2.24, 2.45) is 10.8 Å². The number of primary amides is 1. The van der Waals surface area contributed by atoms with Gasteiger partial charge in [0.1, 0.15) is 0 Å². The highest BCUT2D eigenvalue weighted by molar-refractivity contribution is 6.36. The van der Waals surface area contributed by atoms with Crippen LogP contribution in [0.5, 0.6) is 0 Å². The zero-order valence-corrected chi connectivity index (χ0v) is 7.49. The van der Waals surface area contributed by atoms with Crippen LogP contribution >= 0.6 is 23.2 Å². The van der Waals surface area contributed by atoms with E-state index in [1.54, 1.807) is 6.92 Å². The van der Waals surface area contributed by atoms with E-state index in [-0.39, 0.29) is 11.3 Å². The Bertz CT molecular complexity index is 171. The summed E-state index contributed by atoms with van der Waals surface area (Å²) < 4.78 is 0. The number of nitrogens with zero attached hydrogens (tertiary/aromatic N) is 1. The molecular weight excluding hydrogens is 189 g/mol. The first-order chi connectivity index (χ1) is 5.07. The number of alkyl halides is 2. The summed E-state index contributed by atoms with van der Waals surface area (Å²) in [5.41, 5.74) is 7.32. The zero-order chi connectivity index (χ0) is 8.85. The number of nitrogens with one attached hydrogen (secondary N) is 1. The van der Waals surface area contributed by atoms with Crippen LogP contribution in [0.15, 0.2) is 5.10 Å². The Morgan fingerprint density at radius 1 is 1.82 bits per heavy atom. The van der Waals surface area contributed by atoms with E-state index in [1.165, 1.54) is 0 Å². The Morgan fingerprint density at radius 2 is 2.36 bits per heavy atom. The largest absolute Gasteiger partial charge is 0.350 e. The minimum absolute atomic E-state index is 0.247. The van der Waals surface area contributed by atoms with Crippen molar-refractivity contribution in [1.29, 1.82) is 0 Å². The molecule has 11 heavy (non-hydrogen) atoms. The number of halogens is 2. The van der Waals surface area contributed by atoms with Crippen molar-refractivity contribution >= 4 is 34.9 Å². The van der Waals surface area contributed by atoms with E-state index in [0.717, 1.165) is 0 Å². The minimum Gasteiger partial charge on any atom is -0.350 e. The molecule has 0 aromatic carbocycles. The van der Waals surface area contributed by atoms with E-state index in [1.807, 2.05) is 5.43 Å². The summed E-state index contributed by atoms with van der Waals surface area (Å²) in [7, 11) is 0. The van der Waals surface area contributed by atoms with Gasteiger partial charge in [0.05, 0.1) is 11.1 Å². The Labute approximate surface area is 74.7 Å². The predicted octanol–water partition coefficient (Wildman–Crippen LogP) is 0.877. The molecule has 0 heterocycles. The quantitative estimate of drug-likeness (QED) is 0.394. The highest BCUT2D eigenvalue weighted by Crippen LogP contribution is 2.00. The first kappa shape index (κ1) is 10.5. The number of hydrogen-bond acceptors (Lipinski definition) is 2. The average molecular weight is 198 g/mol. The molecule has 2 amide bonds. The van der Waals surface area contributed by atoms with Crippen molar-refractivity contribution < 1.29 is 4.79 Å². The molecule has 0 saturated carbocycles. The van der Waals surface area contributed by atoms with Crippen molar-refractivity contribution in [3.8, 4) is 0 Å². The number of carbonyl (C=O) groups is 1. The van der Waals surface area contributed by atoms with Gasteiger partial charge in [-0.3, -0.25) is 0 Å². The second-order valence-electron chi connectivity index (χ2n) is 1.85.